The minimum atomic E-state index is -0.272. The Labute approximate surface area is 160 Å². The van der Waals surface area contributed by atoms with Crippen LogP contribution >= 0.6 is 0 Å². The summed E-state index contributed by atoms with van der Waals surface area (Å²) >= 11 is 0. The van der Waals surface area contributed by atoms with E-state index < -0.39 is 0 Å². The lowest BCUT2D eigenvalue weighted by Gasteiger charge is -2.34. The van der Waals surface area contributed by atoms with Crippen LogP contribution in [0.25, 0.3) is 0 Å². The lowest BCUT2D eigenvalue weighted by atomic mass is 9.98. The topological polar surface area (TPSA) is 47.4 Å². The summed E-state index contributed by atoms with van der Waals surface area (Å²) in [6.45, 7) is 8.11. The number of nitrogens with zero attached hydrogens (tertiary/aromatic N) is 3. The predicted octanol–water partition coefficient (Wildman–Crippen LogP) is 4.02. The number of aromatic nitrogens is 2. The second-order valence-corrected chi connectivity index (χ2v) is 7.58. The van der Waals surface area contributed by atoms with Crippen LogP contribution in [-0.2, 0) is 4.79 Å². The monoisotopic (exact) mass is 373 g/mol. The van der Waals surface area contributed by atoms with Crippen molar-refractivity contribution >= 4 is 5.91 Å². The molecule has 27 heavy (non-hydrogen) atoms. The molecule has 1 aromatic carbocycles. The second kappa shape index (κ2) is 8.55. The van der Waals surface area contributed by atoms with Gasteiger partial charge in [0.05, 0.1) is 6.61 Å². The molecule has 0 aliphatic carbocycles. The molecule has 1 aromatic heterocycles. The Hall–Kier alpha value is -2.37. The van der Waals surface area contributed by atoms with Crippen LogP contribution in [0.1, 0.15) is 51.4 Å². The second-order valence-electron chi connectivity index (χ2n) is 7.58. The molecule has 5 nitrogen and oxygen atoms in total. The van der Waals surface area contributed by atoms with Gasteiger partial charge in [0.25, 0.3) is 0 Å². The zero-order valence-electron chi connectivity index (χ0n) is 16.3. The molecule has 0 bridgehead atoms. The molecule has 1 fully saturated rings. The standard InChI is InChI=1S/C21H28FN3O2/c1-15(2)20-23-10-12-25(20)16(3)21(26)24-11-4-5-17(13-24)14-27-19-8-6-18(22)7-9-19/h6-10,12,15-17H,4-5,11,13-14H2,1-3H3/t16-,17+/m1/s1. The Morgan fingerprint density at radius 1 is 1.30 bits per heavy atom. The molecule has 0 radical (unpaired) electrons. The molecule has 0 unspecified atom stereocenters. The number of benzene rings is 1. The number of amides is 1. The van der Waals surface area contributed by atoms with Crippen LogP contribution in [-0.4, -0.2) is 40.1 Å². The van der Waals surface area contributed by atoms with Crippen molar-refractivity contribution in [1.82, 2.24) is 14.5 Å². The fourth-order valence-corrected chi connectivity index (χ4v) is 3.63. The number of carbonyl (C=O) groups excluding carboxylic acids is 1. The highest BCUT2D eigenvalue weighted by Crippen LogP contribution is 2.23. The molecule has 0 saturated carbocycles. The third-order valence-corrected chi connectivity index (χ3v) is 5.12. The molecule has 0 spiro atoms. The van der Waals surface area contributed by atoms with Crippen molar-refractivity contribution in [2.24, 2.45) is 5.92 Å². The summed E-state index contributed by atoms with van der Waals surface area (Å²) < 4.78 is 20.8. The van der Waals surface area contributed by atoms with Gasteiger partial charge in [-0.05, 0) is 44.0 Å². The van der Waals surface area contributed by atoms with E-state index in [1.165, 1.54) is 12.1 Å². The van der Waals surface area contributed by atoms with Crippen LogP contribution in [0, 0.1) is 11.7 Å². The smallest absolute Gasteiger partial charge is 0.245 e. The number of hydrogen-bond donors (Lipinski definition) is 0. The van der Waals surface area contributed by atoms with Gasteiger partial charge in [0, 0.05) is 37.3 Å². The SMILES string of the molecule is CC(C)c1nccn1[C@H](C)C(=O)N1CCC[C@H](COc2ccc(F)cc2)C1. The van der Waals surface area contributed by atoms with Gasteiger partial charge >= 0.3 is 0 Å². The van der Waals surface area contributed by atoms with Gasteiger partial charge in [-0.15, -0.1) is 0 Å². The van der Waals surface area contributed by atoms with E-state index in [9.17, 15) is 9.18 Å². The Kier molecular flexibility index (Phi) is 6.14. The van der Waals surface area contributed by atoms with Crippen LogP contribution in [0.4, 0.5) is 4.39 Å². The van der Waals surface area contributed by atoms with Gasteiger partial charge < -0.3 is 14.2 Å². The van der Waals surface area contributed by atoms with Crippen LogP contribution < -0.4 is 4.74 Å². The van der Waals surface area contributed by atoms with E-state index in [4.69, 9.17) is 4.74 Å². The van der Waals surface area contributed by atoms with Crippen LogP contribution in [0.2, 0.25) is 0 Å². The molecule has 2 atom stereocenters. The van der Waals surface area contributed by atoms with Gasteiger partial charge in [-0.25, -0.2) is 9.37 Å². The highest BCUT2D eigenvalue weighted by atomic mass is 19.1. The number of hydrogen-bond acceptors (Lipinski definition) is 3. The van der Waals surface area contributed by atoms with Crippen molar-refractivity contribution in [3.63, 3.8) is 0 Å². The average Bonchev–Trinajstić information content (AvgIpc) is 3.17. The number of ether oxygens (including phenoxy) is 1. The van der Waals surface area contributed by atoms with E-state index in [0.717, 1.165) is 25.2 Å². The first-order chi connectivity index (χ1) is 13.0. The first-order valence-electron chi connectivity index (χ1n) is 9.65. The number of rotatable bonds is 6. The van der Waals surface area contributed by atoms with Crippen molar-refractivity contribution in [3.05, 3.63) is 48.3 Å². The summed E-state index contributed by atoms with van der Waals surface area (Å²) in [6.07, 6.45) is 5.64. The number of carbonyl (C=O) groups is 1. The highest BCUT2D eigenvalue weighted by molar-refractivity contribution is 5.80. The molecule has 1 amide bonds. The summed E-state index contributed by atoms with van der Waals surface area (Å²) in [4.78, 5) is 19.4. The van der Waals surface area contributed by atoms with Gasteiger partial charge in [-0.2, -0.15) is 0 Å². The van der Waals surface area contributed by atoms with Crippen LogP contribution in [0.5, 0.6) is 5.75 Å². The zero-order valence-corrected chi connectivity index (χ0v) is 16.3. The molecule has 0 N–H and O–H groups in total. The molecule has 146 valence electrons. The molecule has 1 aliphatic heterocycles. The Morgan fingerprint density at radius 3 is 2.74 bits per heavy atom. The molecule has 2 heterocycles. The van der Waals surface area contributed by atoms with Crippen molar-refractivity contribution < 1.29 is 13.9 Å². The van der Waals surface area contributed by atoms with E-state index >= 15 is 0 Å². The molecule has 6 heteroatoms. The number of likely N-dealkylation sites (tertiary alicyclic amines) is 1. The van der Waals surface area contributed by atoms with E-state index in [1.54, 1.807) is 18.3 Å². The van der Waals surface area contributed by atoms with Gasteiger partial charge in [-0.1, -0.05) is 13.8 Å². The summed E-state index contributed by atoms with van der Waals surface area (Å²) in [5, 5.41) is 0. The van der Waals surface area contributed by atoms with Gasteiger partial charge in [0.15, 0.2) is 0 Å². The normalized spacial score (nSPS) is 18.6. The van der Waals surface area contributed by atoms with Crippen molar-refractivity contribution in [2.45, 2.75) is 45.6 Å². The van der Waals surface area contributed by atoms with Crippen LogP contribution in [0.15, 0.2) is 36.7 Å². The number of halogens is 1. The molecular weight excluding hydrogens is 345 g/mol. The van der Waals surface area contributed by atoms with Gasteiger partial charge in [-0.3, -0.25) is 4.79 Å². The first kappa shape index (κ1) is 19.4. The first-order valence-corrected chi connectivity index (χ1v) is 9.65. The third-order valence-electron chi connectivity index (χ3n) is 5.12. The maximum absolute atomic E-state index is 13.0. The number of piperidine rings is 1. The fourth-order valence-electron chi connectivity index (χ4n) is 3.63. The van der Waals surface area contributed by atoms with E-state index in [1.807, 2.05) is 22.6 Å². The Bertz CT molecular complexity index is 757. The Balaban J connectivity index is 1.58. The zero-order chi connectivity index (χ0) is 19.4. The third kappa shape index (κ3) is 4.67. The largest absolute Gasteiger partial charge is 0.493 e. The van der Waals surface area contributed by atoms with Gasteiger partial charge in [0.1, 0.15) is 23.4 Å². The Morgan fingerprint density at radius 2 is 2.04 bits per heavy atom. The van der Waals surface area contributed by atoms with E-state index in [0.29, 0.717) is 18.9 Å². The number of imidazole rings is 1. The van der Waals surface area contributed by atoms with E-state index in [-0.39, 0.29) is 29.6 Å². The molecular formula is C21H28FN3O2. The summed E-state index contributed by atoms with van der Waals surface area (Å²) in [5.74, 6) is 2.01. The molecule has 2 aromatic rings. The van der Waals surface area contributed by atoms with E-state index in [2.05, 4.69) is 18.8 Å². The van der Waals surface area contributed by atoms with Gasteiger partial charge in [0.2, 0.25) is 5.91 Å². The summed E-state index contributed by atoms with van der Waals surface area (Å²) in [5.41, 5.74) is 0. The van der Waals surface area contributed by atoms with Crippen molar-refractivity contribution in [1.29, 1.82) is 0 Å². The minimum Gasteiger partial charge on any atom is -0.493 e. The van der Waals surface area contributed by atoms with Crippen molar-refractivity contribution in [2.75, 3.05) is 19.7 Å². The summed E-state index contributed by atoms with van der Waals surface area (Å²) in [6, 6.07) is 5.79. The quantitative estimate of drug-likeness (QED) is 0.768. The minimum absolute atomic E-state index is 0.126. The predicted molar refractivity (Wildman–Crippen MR) is 102 cm³/mol. The van der Waals surface area contributed by atoms with Crippen LogP contribution in [0.3, 0.4) is 0 Å². The van der Waals surface area contributed by atoms with Crippen molar-refractivity contribution in [3.8, 4) is 5.75 Å². The average molecular weight is 373 g/mol. The lowest BCUT2D eigenvalue weighted by molar-refractivity contribution is -0.136. The lowest BCUT2D eigenvalue weighted by Crippen LogP contribution is -2.44. The maximum Gasteiger partial charge on any atom is 0.245 e. The summed E-state index contributed by atoms with van der Waals surface area (Å²) in [7, 11) is 0. The highest BCUT2D eigenvalue weighted by Gasteiger charge is 2.29. The maximum atomic E-state index is 13.0. The molecule has 1 saturated heterocycles. The fraction of sp³-hybridized carbons (Fsp3) is 0.524. The molecule has 1 aliphatic rings. The molecule has 3 rings (SSSR count).